The molecule has 0 aliphatic rings. The second kappa shape index (κ2) is 7.88. The van der Waals surface area contributed by atoms with E-state index in [2.05, 4.69) is 45.0 Å². The summed E-state index contributed by atoms with van der Waals surface area (Å²) in [5, 5.41) is 0. The topological polar surface area (TPSA) is 26.0 Å². The van der Waals surface area contributed by atoms with Gasteiger partial charge in [0.05, 0.1) is 0 Å². The van der Waals surface area contributed by atoms with Gasteiger partial charge in [0.2, 0.25) is 0 Å². The molecular formula is C15H26BrN. The first-order valence-corrected chi connectivity index (χ1v) is 6.43. The molecule has 0 saturated carbocycles. The molecule has 0 bridgehead atoms. The third-order valence-corrected chi connectivity index (χ3v) is 3.01. The van der Waals surface area contributed by atoms with E-state index in [4.69, 9.17) is 5.73 Å². The van der Waals surface area contributed by atoms with Crippen LogP contribution in [0, 0.1) is 0 Å². The van der Waals surface area contributed by atoms with Gasteiger partial charge in [-0.05, 0) is 37.8 Å². The van der Waals surface area contributed by atoms with Crippen LogP contribution in [0.15, 0.2) is 24.3 Å². The van der Waals surface area contributed by atoms with Crippen LogP contribution in [-0.4, -0.2) is 0 Å². The molecule has 0 fully saturated rings. The Balaban J connectivity index is 0.00000256. The molecule has 0 aromatic heterocycles. The Morgan fingerprint density at radius 2 is 1.71 bits per heavy atom. The fraction of sp³-hybridized carbons (Fsp3) is 0.600. The molecule has 1 aromatic rings. The number of rotatable bonds is 6. The monoisotopic (exact) mass is 299 g/mol. The average Bonchev–Trinajstić information content (AvgIpc) is 2.24. The zero-order valence-corrected chi connectivity index (χ0v) is 13.0. The van der Waals surface area contributed by atoms with Crippen molar-refractivity contribution in [3.63, 3.8) is 0 Å². The van der Waals surface area contributed by atoms with Crippen molar-refractivity contribution in [1.82, 2.24) is 0 Å². The first-order chi connectivity index (χ1) is 7.55. The predicted molar refractivity (Wildman–Crippen MR) is 81.8 cm³/mol. The number of hydrogen-bond acceptors (Lipinski definition) is 1. The average molecular weight is 300 g/mol. The van der Waals surface area contributed by atoms with Gasteiger partial charge in [0, 0.05) is 5.54 Å². The van der Waals surface area contributed by atoms with Crippen LogP contribution in [0.25, 0.3) is 0 Å². The highest BCUT2D eigenvalue weighted by Crippen LogP contribution is 2.22. The minimum absolute atomic E-state index is 0. The van der Waals surface area contributed by atoms with Gasteiger partial charge in [0.15, 0.2) is 0 Å². The maximum absolute atomic E-state index is 6.19. The van der Waals surface area contributed by atoms with Crippen LogP contribution >= 0.6 is 17.0 Å². The standard InChI is InChI=1S/C15H25N.BrH/c1-4-5-6-7-10-13-11-8-9-12-14(13)15(2,3)16;/h8-9,11-12H,4-7,10,16H2,1-3H3;1H. The molecule has 0 spiro atoms. The first kappa shape index (κ1) is 16.7. The van der Waals surface area contributed by atoms with Crippen LogP contribution in [0.3, 0.4) is 0 Å². The summed E-state index contributed by atoms with van der Waals surface area (Å²) in [6, 6.07) is 8.58. The summed E-state index contributed by atoms with van der Waals surface area (Å²) in [4.78, 5) is 0. The number of halogens is 1. The molecule has 0 radical (unpaired) electrons. The molecule has 0 amide bonds. The van der Waals surface area contributed by atoms with Crippen LogP contribution in [0.2, 0.25) is 0 Å². The third-order valence-electron chi connectivity index (χ3n) is 3.01. The summed E-state index contributed by atoms with van der Waals surface area (Å²) in [5.41, 5.74) is 8.69. The predicted octanol–water partition coefficient (Wildman–Crippen LogP) is 4.58. The van der Waals surface area contributed by atoms with Gasteiger partial charge in [0.25, 0.3) is 0 Å². The summed E-state index contributed by atoms with van der Waals surface area (Å²) < 4.78 is 0. The quantitative estimate of drug-likeness (QED) is 0.765. The van der Waals surface area contributed by atoms with Gasteiger partial charge in [0.1, 0.15) is 0 Å². The normalized spacial score (nSPS) is 11.1. The Morgan fingerprint density at radius 1 is 1.06 bits per heavy atom. The zero-order valence-electron chi connectivity index (χ0n) is 11.3. The first-order valence-electron chi connectivity index (χ1n) is 6.43. The summed E-state index contributed by atoms with van der Waals surface area (Å²) in [6.45, 7) is 6.41. The molecule has 0 heterocycles. The maximum atomic E-state index is 6.19. The summed E-state index contributed by atoms with van der Waals surface area (Å²) in [6.07, 6.45) is 6.41. The Kier molecular flexibility index (Phi) is 7.73. The van der Waals surface area contributed by atoms with Gasteiger partial charge >= 0.3 is 0 Å². The third kappa shape index (κ3) is 5.69. The van der Waals surface area contributed by atoms with E-state index in [9.17, 15) is 0 Å². The van der Waals surface area contributed by atoms with Crippen LogP contribution < -0.4 is 5.73 Å². The highest BCUT2D eigenvalue weighted by atomic mass is 79.9. The Labute approximate surface area is 117 Å². The molecule has 98 valence electrons. The van der Waals surface area contributed by atoms with E-state index in [0.717, 1.165) is 6.42 Å². The lowest BCUT2D eigenvalue weighted by Crippen LogP contribution is -2.30. The Bertz CT molecular complexity index is 315. The molecule has 2 heteroatoms. The Morgan fingerprint density at radius 3 is 2.29 bits per heavy atom. The summed E-state index contributed by atoms with van der Waals surface area (Å²) >= 11 is 0. The van der Waals surface area contributed by atoms with Crippen molar-refractivity contribution in [2.24, 2.45) is 5.73 Å². The maximum Gasteiger partial charge on any atom is 0.0355 e. The van der Waals surface area contributed by atoms with Crippen molar-refractivity contribution in [3.05, 3.63) is 35.4 Å². The molecule has 2 N–H and O–H groups in total. The second-order valence-corrected chi connectivity index (χ2v) is 5.19. The van der Waals surface area contributed by atoms with Gasteiger partial charge in [-0.15, -0.1) is 17.0 Å². The van der Waals surface area contributed by atoms with Crippen molar-refractivity contribution >= 4 is 17.0 Å². The fourth-order valence-corrected chi connectivity index (χ4v) is 2.11. The zero-order chi connectivity index (χ0) is 12.0. The van der Waals surface area contributed by atoms with Gasteiger partial charge in [-0.2, -0.15) is 0 Å². The van der Waals surface area contributed by atoms with Gasteiger partial charge in [-0.3, -0.25) is 0 Å². The van der Waals surface area contributed by atoms with Crippen molar-refractivity contribution < 1.29 is 0 Å². The van der Waals surface area contributed by atoms with E-state index in [0.29, 0.717) is 0 Å². The van der Waals surface area contributed by atoms with Gasteiger partial charge < -0.3 is 5.73 Å². The molecular weight excluding hydrogens is 274 g/mol. The van der Waals surface area contributed by atoms with Gasteiger partial charge in [-0.1, -0.05) is 50.5 Å². The molecule has 0 aliphatic carbocycles. The summed E-state index contributed by atoms with van der Waals surface area (Å²) in [7, 11) is 0. The van der Waals surface area contributed by atoms with E-state index >= 15 is 0 Å². The highest BCUT2D eigenvalue weighted by Gasteiger charge is 2.16. The van der Waals surface area contributed by atoms with E-state index in [1.54, 1.807) is 0 Å². The van der Waals surface area contributed by atoms with E-state index in [-0.39, 0.29) is 22.5 Å². The van der Waals surface area contributed by atoms with Crippen molar-refractivity contribution in [1.29, 1.82) is 0 Å². The van der Waals surface area contributed by atoms with Gasteiger partial charge in [-0.25, -0.2) is 0 Å². The number of unbranched alkanes of at least 4 members (excludes halogenated alkanes) is 3. The lowest BCUT2D eigenvalue weighted by Gasteiger charge is -2.22. The minimum Gasteiger partial charge on any atom is -0.322 e. The lowest BCUT2D eigenvalue weighted by atomic mass is 9.89. The number of benzene rings is 1. The van der Waals surface area contributed by atoms with Crippen molar-refractivity contribution in [2.45, 2.75) is 58.4 Å². The van der Waals surface area contributed by atoms with Crippen LogP contribution in [0.1, 0.15) is 57.6 Å². The van der Waals surface area contributed by atoms with E-state index in [1.165, 1.54) is 36.8 Å². The largest absolute Gasteiger partial charge is 0.322 e. The molecule has 0 atom stereocenters. The minimum atomic E-state index is -0.221. The van der Waals surface area contributed by atoms with Crippen LogP contribution in [0.4, 0.5) is 0 Å². The lowest BCUT2D eigenvalue weighted by molar-refractivity contribution is 0.544. The van der Waals surface area contributed by atoms with Crippen LogP contribution in [-0.2, 0) is 12.0 Å². The second-order valence-electron chi connectivity index (χ2n) is 5.19. The van der Waals surface area contributed by atoms with E-state index in [1.807, 2.05) is 0 Å². The van der Waals surface area contributed by atoms with Crippen molar-refractivity contribution in [2.75, 3.05) is 0 Å². The van der Waals surface area contributed by atoms with Crippen molar-refractivity contribution in [3.8, 4) is 0 Å². The molecule has 0 saturated heterocycles. The van der Waals surface area contributed by atoms with Crippen LogP contribution in [0.5, 0.6) is 0 Å². The molecule has 1 nitrogen and oxygen atoms in total. The van der Waals surface area contributed by atoms with E-state index < -0.39 is 0 Å². The number of nitrogens with two attached hydrogens (primary N) is 1. The number of hydrogen-bond donors (Lipinski definition) is 1. The molecule has 1 rings (SSSR count). The highest BCUT2D eigenvalue weighted by molar-refractivity contribution is 8.93. The fourth-order valence-electron chi connectivity index (χ4n) is 2.11. The summed E-state index contributed by atoms with van der Waals surface area (Å²) in [5.74, 6) is 0. The molecule has 0 aliphatic heterocycles. The molecule has 17 heavy (non-hydrogen) atoms. The smallest absolute Gasteiger partial charge is 0.0355 e. The molecule has 0 unspecified atom stereocenters. The Hall–Kier alpha value is -0.340. The number of aryl methyl sites for hydroxylation is 1. The SMILES string of the molecule is Br.CCCCCCc1ccccc1C(C)(C)N. The molecule has 1 aromatic carbocycles.